The molecule has 2 aliphatic rings. The third-order valence-electron chi connectivity index (χ3n) is 3.04. The summed E-state index contributed by atoms with van der Waals surface area (Å²) in [5, 5.41) is 5.34. The summed E-state index contributed by atoms with van der Waals surface area (Å²) < 4.78 is 0. The van der Waals surface area contributed by atoms with Crippen LogP contribution in [0.15, 0.2) is 17.5 Å². The molecule has 1 amide bonds. The van der Waals surface area contributed by atoms with Crippen molar-refractivity contribution in [1.82, 2.24) is 10.2 Å². The van der Waals surface area contributed by atoms with Gasteiger partial charge in [-0.2, -0.15) is 0 Å². The van der Waals surface area contributed by atoms with E-state index in [0.717, 1.165) is 12.5 Å². The first-order valence-electron chi connectivity index (χ1n) is 5.41. The molecule has 1 saturated heterocycles. The molecule has 0 aromatic carbocycles. The second-order valence-corrected chi connectivity index (χ2v) is 5.27. The number of hydrogen-bond donors (Lipinski definition) is 1. The Kier molecular flexibility index (Phi) is 2.25. The lowest BCUT2D eigenvalue weighted by molar-refractivity contribution is -0.128. The van der Waals surface area contributed by atoms with E-state index in [1.54, 1.807) is 11.3 Å². The zero-order chi connectivity index (χ0) is 10.3. The predicted octanol–water partition coefficient (Wildman–Crippen LogP) is 1.59. The lowest BCUT2D eigenvalue weighted by Gasteiger charge is -2.23. The fourth-order valence-corrected chi connectivity index (χ4v) is 2.84. The number of thiophene rings is 1. The Morgan fingerprint density at radius 2 is 2.40 bits per heavy atom. The van der Waals surface area contributed by atoms with Crippen LogP contribution >= 0.6 is 11.3 Å². The van der Waals surface area contributed by atoms with Crippen molar-refractivity contribution >= 4 is 17.2 Å². The first kappa shape index (κ1) is 9.36. The van der Waals surface area contributed by atoms with Crippen LogP contribution in [0.2, 0.25) is 0 Å². The van der Waals surface area contributed by atoms with E-state index in [-0.39, 0.29) is 12.1 Å². The van der Waals surface area contributed by atoms with E-state index < -0.39 is 0 Å². The number of nitrogens with one attached hydrogen (secondary N) is 1. The molecule has 1 atom stereocenters. The number of hydrogen-bond acceptors (Lipinski definition) is 3. The van der Waals surface area contributed by atoms with E-state index >= 15 is 0 Å². The van der Waals surface area contributed by atoms with Crippen LogP contribution in [0.1, 0.15) is 23.9 Å². The van der Waals surface area contributed by atoms with E-state index in [0.29, 0.717) is 6.54 Å². The van der Waals surface area contributed by atoms with E-state index in [1.807, 2.05) is 11.0 Å². The number of amides is 1. The van der Waals surface area contributed by atoms with Gasteiger partial charge in [0.15, 0.2) is 0 Å². The standard InChI is InChI=1S/C11H14N2OS/c14-10-6-12-11(9-2-1-5-15-9)13(10)7-8-3-4-8/h1-2,5,8,11-12H,3-4,6-7H2. The summed E-state index contributed by atoms with van der Waals surface area (Å²) in [6.07, 6.45) is 2.72. The minimum Gasteiger partial charge on any atom is -0.321 e. The van der Waals surface area contributed by atoms with Crippen molar-refractivity contribution in [2.75, 3.05) is 13.1 Å². The second-order valence-electron chi connectivity index (χ2n) is 4.29. The molecular formula is C11H14N2OS. The molecule has 0 radical (unpaired) electrons. The zero-order valence-corrected chi connectivity index (χ0v) is 9.30. The monoisotopic (exact) mass is 222 g/mol. The Bertz CT molecular complexity index is 359. The number of rotatable bonds is 3. The summed E-state index contributed by atoms with van der Waals surface area (Å²) in [5.41, 5.74) is 0. The molecule has 15 heavy (non-hydrogen) atoms. The minimum atomic E-state index is 0.137. The van der Waals surface area contributed by atoms with Crippen molar-refractivity contribution in [2.24, 2.45) is 5.92 Å². The van der Waals surface area contributed by atoms with Gasteiger partial charge in [-0.05, 0) is 30.2 Å². The van der Waals surface area contributed by atoms with Gasteiger partial charge in [-0.3, -0.25) is 10.1 Å². The van der Waals surface area contributed by atoms with E-state index in [9.17, 15) is 4.79 Å². The van der Waals surface area contributed by atoms with Gasteiger partial charge in [-0.15, -0.1) is 11.3 Å². The lowest BCUT2D eigenvalue weighted by Crippen LogP contribution is -2.31. The van der Waals surface area contributed by atoms with Crippen LogP contribution in [0, 0.1) is 5.92 Å². The Hall–Kier alpha value is -0.870. The predicted molar refractivity (Wildman–Crippen MR) is 59.5 cm³/mol. The van der Waals surface area contributed by atoms with Crippen LogP contribution in [-0.2, 0) is 4.79 Å². The summed E-state index contributed by atoms with van der Waals surface area (Å²) in [4.78, 5) is 15.0. The Balaban J connectivity index is 1.78. The number of carbonyl (C=O) groups excluding carboxylic acids is 1. The molecular weight excluding hydrogens is 208 g/mol. The smallest absolute Gasteiger partial charge is 0.238 e. The van der Waals surface area contributed by atoms with Crippen molar-refractivity contribution in [3.05, 3.63) is 22.4 Å². The quantitative estimate of drug-likeness (QED) is 0.842. The number of nitrogens with zero attached hydrogens (tertiary/aromatic N) is 1. The van der Waals surface area contributed by atoms with E-state index in [1.165, 1.54) is 17.7 Å². The second kappa shape index (κ2) is 3.61. The summed E-state index contributed by atoms with van der Waals surface area (Å²) >= 11 is 1.72. The van der Waals surface area contributed by atoms with Crippen LogP contribution in [-0.4, -0.2) is 23.9 Å². The van der Waals surface area contributed by atoms with Gasteiger partial charge < -0.3 is 4.90 Å². The van der Waals surface area contributed by atoms with E-state index in [4.69, 9.17) is 0 Å². The third-order valence-corrected chi connectivity index (χ3v) is 3.97. The van der Waals surface area contributed by atoms with Crippen LogP contribution in [0.4, 0.5) is 0 Å². The molecule has 2 fully saturated rings. The van der Waals surface area contributed by atoms with Gasteiger partial charge in [0.25, 0.3) is 0 Å². The Labute approximate surface area is 93.1 Å². The van der Waals surface area contributed by atoms with Gasteiger partial charge in [0.2, 0.25) is 5.91 Å². The van der Waals surface area contributed by atoms with Crippen molar-refractivity contribution < 1.29 is 4.79 Å². The molecule has 1 N–H and O–H groups in total. The first-order valence-corrected chi connectivity index (χ1v) is 6.29. The summed E-state index contributed by atoms with van der Waals surface area (Å²) in [5.74, 6) is 1.01. The van der Waals surface area contributed by atoms with Crippen LogP contribution in [0.25, 0.3) is 0 Å². The van der Waals surface area contributed by atoms with Gasteiger partial charge in [-0.1, -0.05) is 6.07 Å². The van der Waals surface area contributed by atoms with Gasteiger partial charge in [-0.25, -0.2) is 0 Å². The molecule has 3 rings (SSSR count). The van der Waals surface area contributed by atoms with E-state index in [2.05, 4.69) is 16.8 Å². The highest BCUT2D eigenvalue weighted by atomic mass is 32.1. The molecule has 0 bridgehead atoms. The highest BCUT2D eigenvalue weighted by Gasteiger charge is 2.36. The topological polar surface area (TPSA) is 32.3 Å². The molecule has 0 spiro atoms. The molecule has 1 aromatic rings. The molecule has 1 aromatic heterocycles. The zero-order valence-electron chi connectivity index (χ0n) is 8.48. The maximum atomic E-state index is 11.7. The van der Waals surface area contributed by atoms with Gasteiger partial charge in [0.1, 0.15) is 6.17 Å². The molecule has 1 unspecified atom stereocenters. The Morgan fingerprint density at radius 1 is 1.53 bits per heavy atom. The van der Waals surface area contributed by atoms with Gasteiger partial charge in [0, 0.05) is 11.4 Å². The van der Waals surface area contributed by atoms with Crippen LogP contribution in [0.5, 0.6) is 0 Å². The molecule has 3 nitrogen and oxygen atoms in total. The number of carbonyl (C=O) groups is 1. The van der Waals surface area contributed by atoms with Gasteiger partial charge in [0.05, 0.1) is 6.54 Å². The summed E-state index contributed by atoms with van der Waals surface area (Å²) in [7, 11) is 0. The van der Waals surface area contributed by atoms with Crippen molar-refractivity contribution in [2.45, 2.75) is 19.0 Å². The molecule has 80 valence electrons. The van der Waals surface area contributed by atoms with Crippen molar-refractivity contribution in [3.8, 4) is 0 Å². The molecule has 2 heterocycles. The summed E-state index contributed by atoms with van der Waals surface area (Å²) in [6.45, 7) is 1.43. The third kappa shape index (κ3) is 1.79. The van der Waals surface area contributed by atoms with Gasteiger partial charge >= 0.3 is 0 Å². The fraction of sp³-hybridized carbons (Fsp3) is 0.545. The maximum Gasteiger partial charge on any atom is 0.238 e. The Morgan fingerprint density at radius 3 is 3.07 bits per heavy atom. The fourth-order valence-electron chi connectivity index (χ4n) is 2.03. The van der Waals surface area contributed by atoms with Crippen molar-refractivity contribution in [3.63, 3.8) is 0 Å². The average Bonchev–Trinajstić information content (AvgIpc) is 2.75. The van der Waals surface area contributed by atoms with Crippen LogP contribution in [0.3, 0.4) is 0 Å². The first-order chi connectivity index (χ1) is 7.34. The van der Waals surface area contributed by atoms with Crippen molar-refractivity contribution in [1.29, 1.82) is 0 Å². The average molecular weight is 222 g/mol. The normalized spacial score (nSPS) is 26.3. The minimum absolute atomic E-state index is 0.137. The maximum absolute atomic E-state index is 11.7. The molecule has 1 aliphatic heterocycles. The molecule has 4 heteroatoms. The lowest BCUT2D eigenvalue weighted by atomic mass is 10.3. The molecule has 1 saturated carbocycles. The SMILES string of the molecule is O=C1CNC(c2cccs2)N1CC1CC1. The highest BCUT2D eigenvalue weighted by molar-refractivity contribution is 7.10. The molecule has 1 aliphatic carbocycles. The largest absolute Gasteiger partial charge is 0.321 e. The highest BCUT2D eigenvalue weighted by Crippen LogP contribution is 2.34. The van der Waals surface area contributed by atoms with Crippen LogP contribution < -0.4 is 5.32 Å². The summed E-state index contributed by atoms with van der Waals surface area (Å²) in [6, 6.07) is 4.14.